The van der Waals surface area contributed by atoms with Crippen molar-refractivity contribution in [2.45, 2.75) is 13.3 Å². The topological polar surface area (TPSA) is 49.6 Å². The lowest BCUT2D eigenvalue weighted by Crippen LogP contribution is -2.42. The highest BCUT2D eigenvalue weighted by molar-refractivity contribution is 7.80. The van der Waals surface area contributed by atoms with Gasteiger partial charge in [-0.05, 0) is 19.1 Å². The number of rotatable bonds is 5. The Hall–Kier alpha value is -1.62. The lowest BCUT2D eigenvalue weighted by Gasteiger charge is -2.27. The van der Waals surface area contributed by atoms with Crippen LogP contribution in [0.3, 0.4) is 0 Å². The minimum atomic E-state index is -0.0417. The molecule has 98 valence electrons. The Labute approximate surface area is 113 Å². The minimum Gasteiger partial charge on any atom is -0.393 e. The maximum Gasteiger partial charge on any atom is 0.324 e. The van der Waals surface area contributed by atoms with Gasteiger partial charge in [0.15, 0.2) is 0 Å². The van der Waals surface area contributed by atoms with Crippen LogP contribution in [0.1, 0.15) is 13.3 Å². The second-order valence-corrected chi connectivity index (χ2v) is 4.52. The van der Waals surface area contributed by atoms with Crippen LogP contribution in [-0.4, -0.2) is 36.1 Å². The maximum atomic E-state index is 12.3. The molecule has 0 heterocycles. The summed E-state index contributed by atoms with van der Waals surface area (Å²) < 4.78 is 0. The zero-order chi connectivity index (χ0) is 13.5. The molecule has 0 radical (unpaired) electrons. The van der Waals surface area contributed by atoms with Crippen molar-refractivity contribution in [3.8, 4) is 0 Å². The zero-order valence-electron chi connectivity index (χ0n) is 10.8. The van der Waals surface area contributed by atoms with Gasteiger partial charge in [0, 0.05) is 32.2 Å². The largest absolute Gasteiger partial charge is 0.393 e. The molecule has 0 saturated carbocycles. The predicted molar refractivity (Wildman–Crippen MR) is 78.9 cm³/mol. The molecular formula is C13H19N3OS. The van der Waals surface area contributed by atoms with Crippen molar-refractivity contribution in [1.82, 2.24) is 4.90 Å². The Morgan fingerprint density at radius 3 is 2.44 bits per heavy atom. The number of hydrogen-bond donors (Lipinski definition) is 1. The van der Waals surface area contributed by atoms with Gasteiger partial charge in [-0.15, -0.1) is 0 Å². The maximum absolute atomic E-state index is 12.3. The van der Waals surface area contributed by atoms with Gasteiger partial charge in [-0.2, -0.15) is 0 Å². The number of para-hydroxylation sites is 1. The summed E-state index contributed by atoms with van der Waals surface area (Å²) in [7, 11) is 1.78. The number of nitrogens with two attached hydrogens (primary N) is 1. The number of carbonyl (C=O) groups excluding carboxylic acids is 1. The first kappa shape index (κ1) is 14.4. The highest BCUT2D eigenvalue weighted by Crippen LogP contribution is 2.15. The molecule has 0 aliphatic heterocycles. The Kier molecular flexibility index (Phi) is 5.58. The van der Waals surface area contributed by atoms with Crippen LogP contribution >= 0.6 is 12.2 Å². The van der Waals surface area contributed by atoms with Gasteiger partial charge in [0.1, 0.15) is 0 Å². The number of urea groups is 1. The molecule has 0 fully saturated rings. The lowest BCUT2D eigenvalue weighted by molar-refractivity contribution is 0.218. The minimum absolute atomic E-state index is 0.0417. The van der Waals surface area contributed by atoms with Crippen molar-refractivity contribution >= 4 is 28.9 Å². The third-order valence-corrected chi connectivity index (χ3v) is 2.89. The molecular weight excluding hydrogens is 246 g/mol. The van der Waals surface area contributed by atoms with Crippen molar-refractivity contribution in [3.63, 3.8) is 0 Å². The van der Waals surface area contributed by atoms with E-state index in [1.807, 2.05) is 37.3 Å². The summed E-state index contributed by atoms with van der Waals surface area (Å²) in [5.74, 6) is 0. The van der Waals surface area contributed by atoms with Crippen LogP contribution < -0.4 is 10.6 Å². The summed E-state index contributed by atoms with van der Waals surface area (Å²) in [6.07, 6.45) is 0.521. The SMILES string of the molecule is CCN(C)C(=O)N(CCC(N)=S)c1ccccc1. The number of amides is 2. The number of thiocarbonyl (C=S) groups is 1. The van der Waals surface area contributed by atoms with E-state index < -0.39 is 0 Å². The molecule has 0 spiro atoms. The van der Waals surface area contributed by atoms with E-state index in [0.29, 0.717) is 24.5 Å². The van der Waals surface area contributed by atoms with Gasteiger partial charge in [-0.1, -0.05) is 30.4 Å². The number of anilines is 1. The fourth-order valence-electron chi connectivity index (χ4n) is 1.51. The van der Waals surface area contributed by atoms with Gasteiger partial charge in [-0.3, -0.25) is 4.90 Å². The molecule has 0 aromatic heterocycles. The van der Waals surface area contributed by atoms with E-state index in [2.05, 4.69) is 0 Å². The summed E-state index contributed by atoms with van der Waals surface area (Å²) >= 11 is 4.87. The quantitative estimate of drug-likeness (QED) is 0.831. The van der Waals surface area contributed by atoms with Crippen molar-refractivity contribution in [1.29, 1.82) is 0 Å². The first-order valence-electron chi connectivity index (χ1n) is 5.92. The van der Waals surface area contributed by atoms with Crippen molar-refractivity contribution in [3.05, 3.63) is 30.3 Å². The second-order valence-electron chi connectivity index (χ2n) is 4.00. The van der Waals surface area contributed by atoms with E-state index in [-0.39, 0.29) is 6.03 Å². The third-order valence-electron chi connectivity index (χ3n) is 2.68. The van der Waals surface area contributed by atoms with Crippen LogP contribution in [0.5, 0.6) is 0 Å². The molecule has 18 heavy (non-hydrogen) atoms. The second kappa shape index (κ2) is 6.96. The summed E-state index contributed by atoms with van der Waals surface area (Å²) in [4.78, 5) is 16.0. The average molecular weight is 265 g/mol. The van der Waals surface area contributed by atoms with Crippen LogP contribution in [0, 0.1) is 0 Å². The van der Waals surface area contributed by atoms with Crippen LogP contribution in [0.25, 0.3) is 0 Å². The summed E-state index contributed by atoms with van der Waals surface area (Å²) in [6, 6.07) is 9.50. The van der Waals surface area contributed by atoms with Gasteiger partial charge < -0.3 is 10.6 Å². The molecule has 0 unspecified atom stereocenters. The van der Waals surface area contributed by atoms with Gasteiger partial charge in [0.25, 0.3) is 0 Å². The van der Waals surface area contributed by atoms with Crippen LogP contribution in [0.15, 0.2) is 30.3 Å². The number of nitrogens with zero attached hydrogens (tertiary/aromatic N) is 2. The average Bonchev–Trinajstić information content (AvgIpc) is 2.38. The summed E-state index contributed by atoms with van der Waals surface area (Å²) in [5.41, 5.74) is 6.37. The normalized spacial score (nSPS) is 9.89. The zero-order valence-corrected chi connectivity index (χ0v) is 11.6. The monoisotopic (exact) mass is 265 g/mol. The van der Waals surface area contributed by atoms with Gasteiger partial charge in [0.2, 0.25) is 0 Å². The van der Waals surface area contributed by atoms with E-state index in [1.54, 1.807) is 16.8 Å². The van der Waals surface area contributed by atoms with Crippen LogP contribution in [0.2, 0.25) is 0 Å². The molecule has 2 amide bonds. The fraction of sp³-hybridized carbons (Fsp3) is 0.385. The summed E-state index contributed by atoms with van der Waals surface area (Å²) in [5, 5.41) is 0. The first-order chi connectivity index (χ1) is 8.56. The molecule has 1 rings (SSSR count). The number of carbonyl (C=O) groups is 1. The van der Waals surface area contributed by atoms with E-state index in [9.17, 15) is 4.79 Å². The molecule has 2 N–H and O–H groups in total. The number of benzene rings is 1. The highest BCUT2D eigenvalue weighted by atomic mass is 32.1. The molecule has 0 saturated heterocycles. The number of hydrogen-bond acceptors (Lipinski definition) is 2. The van der Waals surface area contributed by atoms with E-state index >= 15 is 0 Å². The van der Waals surface area contributed by atoms with Gasteiger partial charge in [-0.25, -0.2) is 4.79 Å². The molecule has 5 heteroatoms. The summed E-state index contributed by atoms with van der Waals surface area (Å²) in [6.45, 7) is 3.10. The molecule has 0 atom stereocenters. The molecule has 0 aliphatic rings. The van der Waals surface area contributed by atoms with Crippen molar-refractivity contribution < 1.29 is 4.79 Å². The Balaban J connectivity index is 2.88. The van der Waals surface area contributed by atoms with Crippen molar-refractivity contribution in [2.24, 2.45) is 5.73 Å². The van der Waals surface area contributed by atoms with Gasteiger partial charge >= 0.3 is 6.03 Å². The smallest absolute Gasteiger partial charge is 0.324 e. The standard InChI is InChI=1S/C13H19N3OS/c1-3-15(2)13(17)16(10-9-12(14)18)11-7-5-4-6-8-11/h4-8H,3,9-10H2,1-2H3,(H2,14,18). The first-order valence-corrected chi connectivity index (χ1v) is 6.33. The van der Waals surface area contributed by atoms with E-state index in [0.717, 1.165) is 5.69 Å². The molecule has 0 bridgehead atoms. The van der Waals surface area contributed by atoms with Crippen LogP contribution in [0.4, 0.5) is 10.5 Å². The van der Waals surface area contributed by atoms with E-state index in [1.165, 1.54) is 0 Å². The Morgan fingerprint density at radius 2 is 1.94 bits per heavy atom. The molecule has 0 aliphatic carbocycles. The fourth-order valence-corrected chi connectivity index (χ4v) is 1.60. The highest BCUT2D eigenvalue weighted by Gasteiger charge is 2.18. The Morgan fingerprint density at radius 1 is 1.33 bits per heavy atom. The molecule has 4 nitrogen and oxygen atoms in total. The lowest BCUT2D eigenvalue weighted by atomic mass is 10.2. The van der Waals surface area contributed by atoms with Crippen LogP contribution in [-0.2, 0) is 0 Å². The van der Waals surface area contributed by atoms with Gasteiger partial charge in [0.05, 0.1) is 4.99 Å². The van der Waals surface area contributed by atoms with E-state index in [4.69, 9.17) is 18.0 Å². The Bertz CT molecular complexity index is 408. The predicted octanol–water partition coefficient (Wildman–Crippen LogP) is 2.24. The molecule has 1 aromatic carbocycles. The molecule has 1 aromatic rings. The third kappa shape index (κ3) is 4.00. The van der Waals surface area contributed by atoms with Crippen molar-refractivity contribution in [2.75, 3.05) is 25.0 Å².